The Kier molecular flexibility index (Phi) is 4.49. The molecule has 0 aliphatic heterocycles. The van der Waals surface area contributed by atoms with Gasteiger partial charge in [-0.1, -0.05) is 6.92 Å². The minimum Gasteiger partial charge on any atom is -0.358 e. The van der Waals surface area contributed by atoms with E-state index in [0.717, 1.165) is 24.6 Å². The van der Waals surface area contributed by atoms with Gasteiger partial charge >= 0.3 is 0 Å². The Labute approximate surface area is 91.7 Å². The van der Waals surface area contributed by atoms with Crippen molar-refractivity contribution in [1.29, 1.82) is 0 Å². The van der Waals surface area contributed by atoms with Crippen molar-refractivity contribution in [2.75, 3.05) is 32.1 Å². The fourth-order valence-electron chi connectivity index (χ4n) is 1.57. The average Bonchev–Trinajstić information content (AvgIpc) is 2.18. The minimum atomic E-state index is 0.600. The summed E-state index contributed by atoms with van der Waals surface area (Å²) >= 11 is 0. The summed E-state index contributed by atoms with van der Waals surface area (Å²) in [6.45, 7) is 6.16. The van der Waals surface area contributed by atoms with Crippen LogP contribution in [0.15, 0.2) is 12.1 Å². The molecule has 0 saturated carbocycles. The van der Waals surface area contributed by atoms with Gasteiger partial charge in [-0.25, -0.2) is 0 Å². The van der Waals surface area contributed by atoms with Gasteiger partial charge in [0.15, 0.2) is 5.82 Å². The largest absolute Gasteiger partial charge is 0.358 e. The van der Waals surface area contributed by atoms with Gasteiger partial charge < -0.3 is 10.2 Å². The van der Waals surface area contributed by atoms with Crippen molar-refractivity contribution in [3.63, 3.8) is 0 Å². The van der Waals surface area contributed by atoms with Crippen LogP contribution in [-0.4, -0.2) is 37.4 Å². The van der Waals surface area contributed by atoms with Gasteiger partial charge in [0.1, 0.15) is 0 Å². The van der Waals surface area contributed by atoms with Crippen LogP contribution >= 0.6 is 0 Å². The highest BCUT2D eigenvalue weighted by Crippen LogP contribution is 2.09. The van der Waals surface area contributed by atoms with E-state index in [1.54, 1.807) is 0 Å². The van der Waals surface area contributed by atoms with Crippen LogP contribution < -0.4 is 10.2 Å². The summed E-state index contributed by atoms with van der Waals surface area (Å²) in [5.41, 5.74) is 0.954. The van der Waals surface area contributed by atoms with Crippen LogP contribution in [-0.2, 0) is 0 Å². The first-order chi connectivity index (χ1) is 7.13. The second-order valence-corrected chi connectivity index (χ2v) is 4.08. The van der Waals surface area contributed by atoms with Crippen molar-refractivity contribution in [2.24, 2.45) is 5.92 Å². The fraction of sp³-hybridized carbons (Fsp3) is 0.636. The van der Waals surface area contributed by atoms with E-state index in [4.69, 9.17) is 0 Å². The van der Waals surface area contributed by atoms with E-state index in [2.05, 4.69) is 27.3 Å². The van der Waals surface area contributed by atoms with Crippen LogP contribution in [0.3, 0.4) is 0 Å². The highest BCUT2D eigenvalue weighted by atomic mass is 15.2. The Balaban J connectivity index is 2.53. The maximum atomic E-state index is 4.15. The molecule has 1 rings (SSSR count). The van der Waals surface area contributed by atoms with Gasteiger partial charge in [0, 0.05) is 13.6 Å². The molecule has 1 unspecified atom stereocenters. The summed E-state index contributed by atoms with van der Waals surface area (Å²) < 4.78 is 0. The maximum Gasteiger partial charge on any atom is 0.150 e. The summed E-state index contributed by atoms with van der Waals surface area (Å²) in [5, 5.41) is 11.4. The number of aromatic nitrogens is 2. The number of nitrogens with one attached hydrogen (secondary N) is 1. The van der Waals surface area contributed by atoms with Gasteiger partial charge in [0.25, 0.3) is 0 Å². The Bertz CT molecular complexity index is 283. The Morgan fingerprint density at radius 3 is 2.67 bits per heavy atom. The van der Waals surface area contributed by atoms with Gasteiger partial charge in [-0.3, -0.25) is 0 Å². The summed E-state index contributed by atoms with van der Waals surface area (Å²) in [5.74, 6) is 1.53. The molecule has 0 aromatic carbocycles. The number of hydrogen-bond donors (Lipinski definition) is 1. The Hall–Kier alpha value is -1.16. The minimum absolute atomic E-state index is 0.600. The van der Waals surface area contributed by atoms with Crippen molar-refractivity contribution in [3.05, 3.63) is 17.8 Å². The molecule has 0 radical (unpaired) electrons. The average molecular weight is 208 g/mol. The molecular formula is C11H20N4. The highest BCUT2D eigenvalue weighted by Gasteiger charge is 2.07. The van der Waals surface area contributed by atoms with Crippen molar-refractivity contribution in [2.45, 2.75) is 13.8 Å². The molecule has 15 heavy (non-hydrogen) atoms. The van der Waals surface area contributed by atoms with Crippen LogP contribution in [0.2, 0.25) is 0 Å². The quantitative estimate of drug-likeness (QED) is 0.786. The third-order valence-corrected chi connectivity index (χ3v) is 2.31. The van der Waals surface area contributed by atoms with Crippen LogP contribution in [0, 0.1) is 12.8 Å². The first-order valence-corrected chi connectivity index (χ1v) is 5.29. The molecule has 0 amide bonds. The standard InChI is InChI=1S/C11H20N4/c1-9(7-12-3)8-15(4)11-6-5-10(2)13-14-11/h5-6,9,12H,7-8H2,1-4H3. The molecule has 1 atom stereocenters. The number of aryl methyl sites for hydroxylation is 1. The zero-order chi connectivity index (χ0) is 11.3. The first-order valence-electron chi connectivity index (χ1n) is 5.29. The molecule has 1 N–H and O–H groups in total. The molecule has 0 saturated heterocycles. The molecule has 4 heteroatoms. The number of rotatable bonds is 5. The number of nitrogens with zero attached hydrogens (tertiary/aromatic N) is 3. The molecule has 4 nitrogen and oxygen atoms in total. The van der Waals surface area contributed by atoms with E-state index in [1.807, 2.05) is 33.2 Å². The molecular weight excluding hydrogens is 188 g/mol. The summed E-state index contributed by atoms with van der Waals surface area (Å²) in [7, 11) is 4.02. The molecule has 0 fully saturated rings. The molecule has 0 aliphatic carbocycles. The summed E-state index contributed by atoms with van der Waals surface area (Å²) in [6, 6.07) is 4.00. The molecule has 1 aromatic rings. The fourth-order valence-corrected chi connectivity index (χ4v) is 1.57. The van der Waals surface area contributed by atoms with Crippen LogP contribution in [0.5, 0.6) is 0 Å². The van der Waals surface area contributed by atoms with E-state index in [9.17, 15) is 0 Å². The highest BCUT2D eigenvalue weighted by molar-refractivity contribution is 5.35. The van der Waals surface area contributed by atoms with E-state index in [0.29, 0.717) is 5.92 Å². The predicted octanol–water partition coefficient (Wildman–Crippen LogP) is 1.08. The second kappa shape index (κ2) is 5.66. The van der Waals surface area contributed by atoms with Gasteiger partial charge in [-0.2, -0.15) is 5.10 Å². The van der Waals surface area contributed by atoms with Crippen LogP contribution in [0.1, 0.15) is 12.6 Å². The Morgan fingerprint density at radius 2 is 2.13 bits per heavy atom. The zero-order valence-corrected chi connectivity index (χ0v) is 9.99. The van der Waals surface area contributed by atoms with Gasteiger partial charge in [0.05, 0.1) is 5.69 Å². The van der Waals surface area contributed by atoms with Gasteiger partial charge in [0.2, 0.25) is 0 Å². The van der Waals surface area contributed by atoms with Gasteiger partial charge in [-0.15, -0.1) is 5.10 Å². The maximum absolute atomic E-state index is 4.15. The van der Waals surface area contributed by atoms with Crippen LogP contribution in [0.4, 0.5) is 5.82 Å². The lowest BCUT2D eigenvalue weighted by molar-refractivity contribution is 0.540. The van der Waals surface area contributed by atoms with Crippen molar-refractivity contribution >= 4 is 5.82 Å². The summed E-state index contributed by atoms with van der Waals surface area (Å²) in [4.78, 5) is 2.13. The van der Waals surface area contributed by atoms with Crippen LogP contribution in [0.25, 0.3) is 0 Å². The SMILES string of the molecule is CNCC(C)CN(C)c1ccc(C)nn1. The second-order valence-electron chi connectivity index (χ2n) is 4.08. The monoisotopic (exact) mass is 208 g/mol. The van der Waals surface area contributed by atoms with Crippen molar-refractivity contribution < 1.29 is 0 Å². The smallest absolute Gasteiger partial charge is 0.150 e. The van der Waals surface area contributed by atoms with E-state index in [-0.39, 0.29) is 0 Å². The lowest BCUT2D eigenvalue weighted by Gasteiger charge is -2.21. The predicted molar refractivity (Wildman–Crippen MR) is 63.1 cm³/mol. The Morgan fingerprint density at radius 1 is 1.40 bits per heavy atom. The van der Waals surface area contributed by atoms with E-state index >= 15 is 0 Å². The molecule has 0 spiro atoms. The summed E-state index contributed by atoms with van der Waals surface area (Å²) in [6.07, 6.45) is 0. The lowest BCUT2D eigenvalue weighted by atomic mass is 10.1. The zero-order valence-electron chi connectivity index (χ0n) is 9.99. The van der Waals surface area contributed by atoms with Crippen molar-refractivity contribution in [1.82, 2.24) is 15.5 Å². The first kappa shape index (κ1) is 11.9. The number of hydrogen-bond acceptors (Lipinski definition) is 4. The normalized spacial score (nSPS) is 12.5. The van der Waals surface area contributed by atoms with Gasteiger partial charge in [-0.05, 0) is 38.6 Å². The molecule has 1 heterocycles. The topological polar surface area (TPSA) is 41.0 Å². The van der Waals surface area contributed by atoms with E-state index < -0.39 is 0 Å². The molecule has 0 aliphatic rings. The number of anilines is 1. The van der Waals surface area contributed by atoms with Crippen molar-refractivity contribution in [3.8, 4) is 0 Å². The molecule has 0 bridgehead atoms. The third-order valence-electron chi connectivity index (χ3n) is 2.31. The lowest BCUT2D eigenvalue weighted by Crippen LogP contribution is -2.30. The third kappa shape index (κ3) is 3.83. The molecule has 1 aromatic heterocycles. The molecule has 84 valence electrons. The van der Waals surface area contributed by atoms with E-state index in [1.165, 1.54) is 0 Å².